The number of rotatable bonds is 2. The summed E-state index contributed by atoms with van der Waals surface area (Å²) in [6, 6.07) is 27.2. The van der Waals surface area contributed by atoms with Crippen molar-refractivity contribution >= 4 is 16.3 Å². The highest BCUT2D eigenvalue weighted by Gasteiger charge is 2.15. The summed E-state index contributed by atoms with van der Waals surface area (Å²) in [5.74, 6) is -0.243. The van der Waals surface area contributed by atoms with Crippen LogP contribution in [-0.4, -0.2) is 9.61 Å². The third-order valence-corrected chi connectivity index (χ3v) is 4.71. The summed E-state index contributed by atoms with van der Waals surface area (Å²) in [4.78, 5) is 0. The molecule has 0 aliphatic rings. The molecule has 5 aromatic rings. The molecule has 0 bridgehead atoms. The molecule has 0 saturated carbocycles. The van der Waals surface area contributed by atoms with E-state index in [1.54, 1.807) is 6.07 Å². The maximum Gasteiger partial charge on any atom is 0.123 e. The number of halogens is 1. The molecule has 124 valence electrons. The van der Waals surface area contributed by atoms with Gasteiger partial charge in [0.2, 0.25) is 0 Å². The van der Waals surface area contributed by atoms with Crippen molar-refractivity contribution in [1.29, 1.82) is 0 Å². The second-order valence-electron chi connectivity index (χ2n) is 6.31. The quantitative estimate of drug-likeness (QED) is 0.388. The van der Waals surface area contributed by atoms with Crippen LogP contribution in [0.1, 0.15) is 0 Å². The molecule has 0 spiro atoms. The van der Waals surface area contributed by atoms with E-state index < -0.39 is 0 Å². The maximum atomic E-state index is 14.0. The molecular weight excluding hydrogens is 323 g/mol. The van der Waals surface area contributed by atoms with E-state index in [4.69, 9.17) is 0 Å². The van der Waals surface area contributed by atoms with Gasteiger partial charge in [0.15, 0.2) is 0 Å². The predicted octanol–water partition coefficient (Wildman–Crippen LogP) is 5.96. The lowest BCUT2D eigenvalue weighted by Crippen LogP contribution is -1.95. The third-order valence-electron chi connectivity index (χ3n) is 4.71. The van der Waals surface area contributed by atoms with Crippen LogP contribution in [0.2, 0.25) is 0 Å². The summed E-state index contributed by atoms with van der Waals surface area (Å²) < 4.78 is 15.9. The first-order valence-electron chi connectivity index (χ1n) is 8.52. The van der Waals surface area contributed by atoms with Crippen LogP contribution in [0, 0.1) is 5.82 Å². The van der Waals surface area contributed by atoms with Crippen LogP contribution in [0.15, 0.2) is 91.1 Å². The minimum absolute atomic E-state index is 0.243. The number of aromatic nitrogens is 2. The van der Waals surface area contributed by atoms with Gasteiger partial charge >= 0.3 is 0 Å². The summed E-state index contributed by atoms with van der Waals surface area (Å²) in [7, 11) is 0. The van der Waals surface area contributed by atoms with E-state index in [1.165, 1.54) is 6.07 Å². The molecule has 0 aliphatic heterocycles. The van der Waals surface area contributed by atoms with Gasteiger partial charge in [0.1, 0.15) is 5.82 Å². The molecule has 0 N–H and O–H groups in total. The molecule has 0 aliphatic carbocycles. The van der Waals surface area contributed by atoms with Crippen LogP contribution in [0.4, 0.5) is 4.39 Å². The maximum absolute atomic E-state index is 14.0. The van der Waals surface area contributed by atoms with Gasteiger partial charge in [-0.1, -0.05) is 66.7 Å². The molecule has 0 atom stereocenters. The highest BCUT2D eigenvalue weighted by atomic mass is 19.1. The van der Waals surface area contributed by atoms with Crippen LogP contribution in [0.5, 0.6) is 0 Å². The number of hydrogen-bond donors (Lipinski definition) is 0. The third kappa shape index (κ3) is 2.29. The predicted molar refractivity (Wildman–Crippen MR) is 104 cm³/mol. The molecule has 0 saturated heterocycles. The fraction of sp³-hybridized carbons (Fsp3) is 0. The zero-order valence-corrected chi connectivity index (χ0v) is 13.9. The van der Waals surface area contributed by atoms with Crippen molar-refractivity contribution in [2.75, 3.05) is 0 Å². The number of benzene rings is 3. The fourth-order valence-electron chi connectivity index (χ4n) is 3.50. The fourth-order valence-corrected chi connectivity index (χ4v) is 3.50. The Morgan fingerprint density at radius 2 is 1.42 bits per heavy atom. The van der Waals surface area contributed by atoms with Crippen LogP contribution in [0.25, 0.3) is 38.7 Å². The van der Waals surface area contributed by atoms with Crippen LogP contribution < -0.4 is 0 Å². The molecule has 0 amide bonds. The lowest BCUT2D eigenvalue weighted by atomic mass is 10.0. The van der Waals surface area contributed by atoms with Crippen molar-refractivity contribution in [3.05, 3.63) is 96.9 Å². The molecule has 3 heteroatoms. The van der Waals surface area contributed by atoms with Crippen molar-refractivity contribution in [3.63, 3.8) is 0 Å². The molecule has 26 heavy (non-hydrogen) atoms. The number of fused-ring (bicyclic) bond motifs is 3. The average molecular weight is 338 g/mol. The molecular formula is C23H15FN2. The molecule has 0 radical (unpaired) electrons. The first-order chi connectivity index (χ1) is 12.8. The minimum Gasteiger partial charge on any atom is -0.232 e. The molecule has 2 aromatic heterocycles. The smallest absolute Gasteiger partial charge is 0.123 e. The normalized spacial score (nSPS) is 11.3. The van der Waals surface area contributed by atoms with Gasteiger partial charge in [-0.05, 0) is 29.1 Å². The Bertz CT molecular complexity index is 1230. The van der Waals surface area contributed by atoms with Gasteiger partial charge in [-0.25, -0.2) is 8.91 Å². The van der Waals surface area contributed by atoms with Gasteiger partial charge < -0.3 is 0 Å². The van der Waals surface area contributed by atoms with Crippen molar-refractivity contribution < 1.29 is 4.39 Å². The van der Waals surface area contributed by atoms with Gasteiger partial charge in [0.05, 0.1) is 17.4 Å². The van der Waals surface area contributed by atoms with E-state index in [-0.39, 0.29) is 5.82 Å². The van der Waals surface area contributed by atoms with E-state index in [0.29, 0.717) is 0 Å². The topological polar surface area (TPSA) is 17.3 Å². The summed E-state index contributed by atoms with van der Waals surface area (Å²) >= 11 is 0. The Hall–Kier alpha value is -3.46. The van der Waals surface area contributed by atoms with E-state index in [9.17, 15) is 4.39 Å². The number of nitrogens with zero attached hydrogens (tertiary/aromatic N) is 2. The van der Waals surface area contributed by atoms with Crippen LogP contribution in [-0.2, 0) is 0 Å². The summed E-state index contributed by atoms with van der Waals surface area (Å²) in [5, 5.41) is 6.50. The molecule has 5 rings (SSSR count). The highest BCUT2D eigenvalue weighted by Crippen LogP contribution is 2.34. The standard InChI is InChI=1S/C23H15FN2/c24-19-12-11-18-13-22(17-9-5-2-6-10-17)26-23(20(18)14-19)21(15-25-26)16-7-3-1-4-8-16/h1-15H. The van der Waals surface area contributed by atoms with E-state index in [2.05, 4.69) is 35.4 Å². The molecule has 2 heterocycles. The van der Waals surface area contributed by atoms with Crippen LogP contribution >= 0.6 is 0 Å². The summed E-state index contributed by atoms with van der Waals surface area (Å²) in [6.45, 7) is 0. The zero-order chi connectivity index (χ0) is 17.5. The first-order valence-corrected chi connectivity index (χ1v) is 8.52. The second-order valence-corrected chi connectivity index (χ2v) is 6.31. The van der Waals surface area contributed by atoms with Gasteiger partial charge in [-0.3, -0.25) is 0 Å². The lowest BCUT2D eigenvalue weighted by molar-refractivity contribution is 0.630. The molecule has 0 fully saturated rings. The Morgan fingerprint density at radius 3 is 2.15 bits per heavy atom. The Balaban J connectivity index is 1.94. The van der Waals surface area contributed by atoms with E-state index >= 15 is 0 Å². The summed E-state index contributed by atoms with van der Waals surface area (Å²) in [5.41, 5.74) is 5.05. The van der Waals surface area contributed by atoms with E-state index in [1.807, 2.05) is 53.2 Å². The molecule has 3 aromatic carbocycles. The highest BCUT2D eigenvalue weighted by molar-refractivity contribution is 6.04. The Kier molecular flexibility index (Phi) is 3.32. The second kappa shape index (κ2) is 5.81. The molecule has 0 unspecified atom stereocenters. The average Bonchev–Trinajstić information content (AvgIpc) is 3.14. The summed E-state index contributed by atoms with van der Waals surface area (Å²) in [6.07, 6.45) is 1.86. The van der Waals surface area contributed by atoms with Gasteiger partial charge in [0, 0.05) is 16.5 Å². The van der Waals surface area contributed by atoms with Crippen molar-refractivity contribution in [1.82, 2.24) is 9.61 Å². The van der Waals surface area contributed by atoms with Crippen molar-refractivity contribution in [3.8, 4) is 22.4 Å². The van der Waals surface area contributed by atoms with E-state index in [0.717, 1.165) is 38.7 Å². The SMILES string of the molecule is Fc1ccc2cc(-c3ccccc3)n3ncc(-c4ccccc4)c3c2c1. The minimum atomic E-state index is -0.243. The van der Waals surface area contributed by atoms with Crippen LogP contribution in [0.3, 0.4) is 0 Å². The first kappa shape index (κ1) is 14.8. The largest absolute Gasteiger partial charge is 0.232 e. The Labute approximate surface area is 150 Å². The van der Waals surface area contributed by atoms with Gasteiger partial charge in [0.25, 0.3) is 0 Å². The van der Waals surface area contributed by atoms with Gasteiger partial charge in [-0.2, -0.15) is 5.10 Å². The Morgan fingerprint density at radius 1 is 0.731 bits per heavy atom. The number of pyridine rings is 1. The zero-order valence-electron chi connectivity index (χ0n) is 13.9. The van der Waals surface area contributed by atoms with Crippen molar-refractivity contribution in [2.24, 2.45) is 0 Å². The lowest BCUT2D eigenvalue weighted by Gasteiger charge is -2.10. The molecule has 2 nitrogen and oxygen atoms in total. The van der Waals surface area contributed by atoms with Crippen molar-refractivity contribution in [2.45, 2.75) is 0 Å². The monoisotopic (exact) mass is 338 g/mol. The number of hydrogen-bond acceptors (Lipinski definition) is 1. The van der Waals surface area contributed by atoms with Gasteiger partial charge in [-0.15, -0.1) is 0 Å².